The summed E-state index contributed by atoms with van der Waals surface area (Å²) in [5, 5.41) is 0. The summed E-state index contributed by atoms with van der Waals surface area (Å²) in [6, 6.07) is 23.3. The predicted octanol–water partition coefficient (Wildman–Crippen LogP) is 3.66. The van der Waals surface area contributed by atoms with Gasteiger partial charge in [0.2, 0.25) is 0 Å². The smallest absolute Gasteiger partial charge is 0.339 e. The summed E-state index contributed by atoms with van der Waals surface area (Å²) in [7, 11) is 0. The van der Waals surface area contributed by atoms with Crippen molar-refractivity contribution in [2.75, 3.05) is 13.2 Å². The molecule has 0 saturated heterocycles. The lowest BCUT2D eigenvalue weighted by atomic mass is 9.98. The number of fused-ring (bicyclic) bond motifs is 1. The molecule has 0 spiro atoms. The third kappa shape index (κ3) is 4.15. The summed E-state index contributed by atoms with van der Waals surface area (Å²) >= 11 is 0. The Labute approximate surface area is 174 Å². The zero-order valence-corrected chi connectivity index (χ0v) is 16.4. The van der Waals surface area contributed by atoms with Gasteiger partial charge in [0, 0.05) is 24.2 Å². The number of hydrogen-bond acceptors (Lipinski definition) is 4. The molecular weight excluding hydrogens is 378 g/mol. The van der Waals surface area contributed by atoms with Crippen LogP contribution in [0.3, 0.4) is 0 Å². The third-order valence-electron chi connectivity index (χ3n) is 5.24. The summed E-state index contributed by atoms with van der Waals surface area (Å²) in [6.07, 6.45) is 0.782. The zero-order chi connectivity index (χ0) is 20.9. The second-order valence-corrected chi connectivity index (χ2v) is 7.15. The Balaban J connectivity index is 1.43. The number of ketones is 1. The van der Waals surface area contributed by atoms with Gasteiger partial charge in [-0.3, -0.25) is 9.59 Å². The predicted molar refractivity (Wildman–Crippen MR) is 112 cm³/mol. The van der Waals surface area contributed by atoms with E-state index in [9.17, 15) is 14.4 Å². The number of nitrogens with zero attached hydrogens (tertiary/aromatic N) is 1. The quantitative estimate of drug-likeness (QED) is 0.485. The van der Waals surface area contributed by atoms with Crippen molar-refractivity contribution in [2.45, 2.75) is 13.0 Å². The molecule has 4 rings (SSSR count). The monoisotopic (exact) mass is 399 g/mol. The molecule has 0 N–H and O–H groups in total. The van der Waals surface area contributed by atoms with E-state index in [1.807, 2.05) is 24.3 Å². The lowest BCUT2D eigenvalue weighted by molar-refractivity contribution is -0.135. The fourth-order valence-electron chi connectivity index (χ4n) is 3.61. The van der Waals surface area contributed by atoms with Crippen LogP contribution in [0.25, 0.3) is 0 Å². The number of carbonyl (C=O) groups is 3. The van der Waals surface area contributed by atoms with Crippen LogP contribution in [0.1, 0.15) is 37.4 Å². The van der Waals surface area contributed by atoms with Crippen molar-refractivity contribution in [1.29, 1.82) is 0 Å². The SMILES string of the molecule is O=C(OCC(=O)N1CCc2ccccc2C1)c1ccccc1C(=O)c1ccccc1. The van der Waals surface area contributed by atoms with E-state index in [1.54, 1.807) is 53.4 Å². The Bertz CT molecular complexity index is 1090. The van der Waals surface area contributed by atoms with Gasteiger partial charge in [0.05, 0.1) is 5.56 Å². The van der Waals surface area contributed by atoms with Crippen molar-refractivity contribution >= 4 is 17.7 Å². The lowest BCUT2D eigenvalue weighted by Gasteiger charge is -2.28. The first kappa shape index (κ1) is 19.6. The fraction of sp³-hybridized carbons (Fsp3) is 0.160. The Morgan fingerprint density at radius 1 is 0.767 bits per heavy atom. The molecule has 1 aliphatic heterocycles. The van der Waals surface area contributed by atoms with Gasteiger partial charge in [-0.1, -0.05) is 72.8 Å². The highest BCUT2D eigenvalue weighted by Gasteiger charge is 2.23. The molecule has 1 aliphatic rings. The van der Waals surface area contributed by atoms with Crippen molar-refractivity contribution in [3.05, 3.63) is 107 Å². The largest absolute Gasteiger partial charge is 0.452 e. The molecule has 3 aromatic carbocycles. The van der Waals surface area contributed by atoms with Crippen molar-refractivity contribution in [2.24, 2.45) is 0 Å². The minimum atomic E-state index is -0.680. The van der Waals surface area contributed by atoms with Gasteiger partial charge >= 0.3 is 5.97 Å². The van der Waals surface area contributed by atoms with Crippen LogP contribution in [0.5, 0.6) is 0 Å². The Hall–Kier alpha value is -3.73. The molecule has 0 fully saturated rings. The van der Waals surface area contributed by atoms with Gasteiger partial charge in [-0.2, -0.15) is 0 Å². The van der Waals surface area contributed by atoms with Crippen LogP contribution in [-0.4, -0.2) is 35.7 Å². The van der Waals surface area contributed by atoms with Crippen LogP contribution in [0.4, 0.5) is 0 Å². The molecule has 5 nitrogen and oxygen atoms in total. The van der Waals surface area contributed by atoms with E-state index in [2.05, 4.69) is 6.07 Å². The Morgan fingerprint density at radius 3 is 2.17 bits per heavy atom. The van der Waals surface area contributed by atoms with Gasteiger partial charge < -0.3 is 9.64 Å². The van der Waals surface area contributed by atoms with Crippen LogP contribution in [0, 0.1) is 0 Å². The molecule has 0 radical (unpaired) electrons. The van der Waals surface area contributed by atoms with Crippen molar-refractivity contribution in [3.63, 3.8) is 0 Å². The third-order valence-corrected chi connectivity index (χ3v) is 5.24. The maximum Gasteiger partial charge on any atom is 0.339 e. The van der Waals surface area contributed by atoms with E-state index in [1.165, 1.54) is 5.56 Å². The van der Waals surface area contributed by atoms with Crippen LogP contribution in [0.2, 0.25) is 0 Å². The van der Waals surface area contributed by atoms with E-state index >= 15 is 0 Å². The van der Waals surface area contributed by atoms with Gasteiger partial charge in [0.15, 0.2) is 12.4 Å². The second kappa shape index (κ2) is 8.74. The molecule has 3 aromatic rings. The number of amides is 1. The molecule has 5 heteroatoms. The van der Waals surface area contributed by atoms with Gasteiger partial charge in [-0.05, 0) is 23.6 Å². The number of esters is 1. The van der Waals surface area contributed by atoms with E-state index in [4.69, 9.17) is 4.74 Å². The molecule has 1 amide bonds. The number of benzene rings is 3. The maximum absolute atomic E-state index is 12.8. The highest BCUT2D eigenvalue weighted by atomic mass is 16.5. The van der Waals surface area contributed by atoms with Gasteiger partial charge in [0.25, 0.3) is 5.91 Å². The van der Waals surface area contributed by atoms with Crippen LogP contribution >= 0.6 is 0 Å². The summed E-state index contributed by atoms with van der Waals surface area (Å²) in [6.45, 7) is 0.751. The summed E-state index contributed by atoms with van der Waals surface area (Å²) in [5.41, 5.74) is 3.26. The molecule has 1 heterocycles. The zero-order valence-electron chi connectivity index (χ0n) is 16.4. The van der Waals surface area contributed by atoms with Crippen molar-refractivity contribution in [1.82, 2.24) is 4.90 Å². The number of rotatable bonds is 5. The number of hydrogen-bond donors (Lipinski definition) is 0. The topological polar surface area (TPSA) is 63.7 Å². The standard InChI is InChI=1S/C25H21NO4/c27-23(26-15-14-18-8-4-5-11-20(18)16-26)17-30-25(29)22-13-7-6-12-21(22)24(28)19-9-2-1-3-10-19/h1-13H,14-17H2. The van der Waals surface area contributed by atoms with E-state index in [-0.39, 0.29) is 29.4 Å². The van der Waals surface area contributed by atoms with Crippen LogP contribution < -0.4 is 0 Å². The van der Waals surface area contributed by atoms with E-state index in [0.29, 0.717) is 18.7 Å². The first-order valence-corrected chi connectivity index (χ1v) is 9.84. The molecule has 0 unspecified atom stereocenters. The molecule has 150 valence electrons. The number of ether oxygens (including phenoxy) is 1. The van der Waals surface area contributed by atoms with Crippen molar-refractivity contribution in [3.8, 4) is 0 Å². The molecule has 0 saturated carbocycles. The molecule has 0 atom stereocenters. The lowest BCUT2D eigenvalue weighted by Crippen LogP contribution is -2.38. The van der Waals surface area contributed by atoms with Crippen molar-refractivity contribution < 1.29 is 19.1 Å². The van der Waals surface area contributed by atoms with Gasteiger partial charge in [-0.25, -0.2) is 4.79 Å². The molecule has 0 aromatic heterocycles. The minimum absolute atomic E-state index is 0.156. The highest BCUT2D eigenvalue weighted by Crippen LogP contribution is 2.19. The van der Waals surface area contributed by atoms with Crippen LogP contribution in [-0.2, 0) is 22.5 Å². The average Bonchev–Trinajstić information content (AvgIpc) is 2.82. The minimum Gasteiger partial charge on any atom is -0.452 e. The highest BCUT2D eigenvalue weighted by molar-refractivity contribution is 6.14. The molecule has 30 heavy (non-hydrogen) atoms. The summed E-state index contributed by atoms with van der Waals surface area (Å²) in [5.74, 6) is -1.19. The Kier molecular flexibility index (Phi) is 5.70. The first-order chi connectivity index (χ1) is 14.6. The van der Waals surface area contributed by atoms with E-state index < -0.39 is 5.97 Å². The first-order valence-electron chi connectivity index (χ1n) is 9.84. The Morgan fingerprint density at radius 2 is 1.40 bits per heavy atom. The molecule has 0 aliphatic carbocycles. The van der Waals surface area contributed by atoms with Gasteiger partial charge in [-0.15, -0.1) is 0 Å². The maximum atomic E-state index is 12.8. The van der Waals surface area contributed by atoms with Crippen LogP contribution in [0.15, 0.2) is 78.9 Å². The normalized spacial score (nSPS) is 12.7. The average molecular weight is 399 g/mol. The molecular formula is C25H21NO4. The summed E-state index contributed by atoms with van der Waals surface area (Å²) in [4.78, 5) is 39.7. The fourth-order valence-corrected chi connectivity index (χ4v) is 3.61. The molecule has 0 bridgehead atoms. The van der Waals surface area contributed by atoms with E-state index in [0.717, 1.165) is 12.0 Å². The van der Waals surface area contributed by atoms with Gasteiger partial charge in [0.1, 0.15) is 0 Å². The second-order valence-electron chi connectivity index (χ2n) is 7.15. The summed E-state index contributed by atoms with van der Waals surface area (Å²) < 4.78 is 5.28. The number of carbonyl (C=O) groups excluding carboxylic acids is 3.